The summed E-state index contributed by atoms with van der Waals surface area (Å²) in [5.74, 6) is -0.0980. The molecule has 0 bridgehead atoms. The van der Waals surface area contributed by atoms with Crippen LogP contribution >= 0.6 is 27.7 Å². The maximum absolute atomic E-state index is 12.4. The molecule has 3 aromatic rings. The van der Waals surface area contributed by atoms with Crippen molar-refractivity contribution in [2.75, 3.05) is 0 Å². The molecule has 1 aliphatic heterocycles. The van der Waals surface area contributed by atoms with E-state index in [2.05, 4.69) is 56.6 Å². The molecule has 1 heterocycles. The summed E-state index contributed by atoms with van der Waals surface area (Å²) in [5, 5.41) is 6.06. The predicted molar refractivity (Wildman–Crippen MR) is 116 cm³/mol. The Labute approximate surface area is 169 Å². The SMILES string of the molecule is O=C1NC(=Nc2ccc(Br)cc2)S/C1=C\c1ccc2c3c(cccc13)CC2. The number of hydrogen-bond donors (Lipinski definition) is 1. The average Bonchev–Trinajstić information content (AvgIpc) is 3.24. The van der Waals surface area contributed by atoms with Crippen LogP contribution in [0.25, 0.3) is 16.8 Å². The molecule has 0 atom stereocenters. The maximum atomic E-state index is 12.4. The molecule has 2 aliphatic rings. The first kappa shape index (κ1) is 16.8. The molecule has 5 rings (SSSR count). The average molecular weight is 435 g/mol. The molecule has 0 aromatic heterocycles. The minimum Gasteiger partial charge on any atom is -0.300 e. The lowest BCUT2D eigenvalue weighted by Gasteiger charge is -2.06. The second kappa shape index (κ2) is 6.66. The second-order valence-corrected chi connectivity index (χ2v) is 8.56. The Morgan fingerprint density at radius 1 is 1.00 bits per heavy atom. The number of aliphatic imine (C=N–C) groups is 1. The summed E-state index contributed by atoms with van der Waals surface area (Å²) >= 11 is 4.80. The first-order chi connectivity index (χ1) is 13.2. The first-order valence-electron chi connectivity index (χ1n) is 8.76. The highest BCUT2D eigenvalue weighted by atomic mass is 79.9. The van der Waals surface area contributed by atoms with Gasteiger partial charge in [-0.15, -0.1) is 0 Å². The minimum atomic E-state index is -0.0980. The van der Waals surface area contributed by atoms with Crippen LogP contribution in [0, 0.1) is 0 Å². The molecule has 1 N–H and O–H groups in total. The molecule has 27 heavy (non-hydrogen) atoms. The van der Waals surface area contributed by atoms with Crippen molar-refractivity contribution in [3.05, 3.63) is 80.7 Å². The number of carbonyl (C=O) groups is 1. The van der Waals surface area contributed by atoms with E-state index >= 15 is 0 Å². The van der Waals surface area contributed by atoms with Crippen molar-refractivity contribution in [2.45, 2.75) is 12.8 Å². The van der Waals surface area contributed by atoms with Crippen molar-refractivity contribution in [2.24, 2.45) is 4.99 Å². The zero-order chi connectivity index (χ0) is 18.4. The standard InChI is InChI=1S/C22H15BrN2OS/c23-16-8-10-17(11-9-16)24-22-25-21(26)19(27-22)12-15-7-6-14-5-4-13-2-1-3-18(15)20(13)14/h1-3,6-12H,4-5H2,(H,24,25,26)/b19-12-. The van der Waals surface area contributed by atoms with Crippen molar-refractivity contribution in [3.63, 3.8) is 0 Å². The van der Waals surface area contributed by atoms with Gasteiger partial charge in [0.1, 0.15) is 0 Å². The van der Waals surface area contributed by atoms with Gasteiger partial charge < -0.3 is 5.32 Å². The Balaban J connectivity index is 1.51. The molecule has 0 spiro atoms. The van der Waals surface area contributed by atoms with Crippen LogP contribution in [0.4, 0.5) is 5.69 Å². The third-order valence-corrected chi connectivity index (χ3v) is 6.34. The van der Waals surface area contributed by atoms with Gasteiger partial charge in [0.15, 0.2) is 5.17 Å². The Hall–Kier alpha value is -2.37. The number of amidine groups is 1. The lowest BCUT2D eigenvalue weighted by Crippen LogP contribution is -2.19. The molecule has 1 saturated heterocycles. The molecule has 1 fully saturated rings. The molecule has 0 unspecified atom stereocenters. The summed E-state index contributed by atoms with van der Waals surface area (Å²) in [6.07, 6.45) is 4.18. The van der Waals surface area contributed by atoms with Crippen molar-refractivity contribution >= 4 is 61.3 Å². The molecule has 5 heteroatoms. The normalized spacial score (nSPS) is 18.6. The Morgan fingerprint density at radius 3 is 2.59 bits per heavy atom. The van der Waals surface area contributed by atoms with E-state index in [0.717, 1.165) is 28.6 Å². The van der Waals surface area contributed by atoms with Crippen LogP contribution in [0.15, 0.2) is 69.0 Å². The highest BCUT2D eigenvalue weighted by Gasteiger charge is 2.24. The number of thioether (sulfide) groups is 1. The summed E-state index contributed by atoms with van der Waals surface area (Å²) in [4.78, 5) is 17.6. The first-order valence-corrected chi connectivity index (χ1v) is 10.4. The van der Waals surface area contributed by atoms with E-state index in [-0.39, 0.29) is 5.91 Å². The third kappa shape index (κ3) is 3.11. The molecule has 132 valence electrons. The number of carbonyl (C=O) groups excluding carboxylic acids is 1. The van der Waals surface area contributed by atoms with Crippen LogP contribution in [0.1, 0.15) is 16.7 Å². The molecule has 0 saturated carbocycles. The van der Waals surface area contributed by atoms with Crippen LogP contribution < -0.4 is 5.32 Å². The second-order valence-electron chi connectivity index (χ2n) is 6.61. The van der Waals surface area contributed by atoms with Crippen LogP contribution in [-0.4, -0.2) is 11.1 Å². The summed E-state index contributed by atoms with van der Waals surface area (Å²) in [5.41, 5.74) is 4.71. The summed E-state index contributed by atoms with van der Waals surface area (Å²) < 4.78 is 1.00. The summed E-state index contributed by atoms with van der Waals surface area (Å²) in [7, 11) is 0. The van der Waals surface area contributed by atoms with Crippen molar-refractivity contribution < 1.29 is 4.79 Å². The molecule has 1 amide bonds. The fourth-order valence-corrected chi connectivity index (χ4v) is 4.75. The lowest BCUT2D eigenvalue weighted by atomic mass is 9.99. The predicted octanol–water partition coefficient (Wildman–Crippen LogP) is 5.59. The van der Waals surface area contributed by atoms with Gasteiger partial charge in [-0.05, 0) is 82.4 Å². The van der Waals surface area contributed by atoms with E-state index in [4.69, 9.17) is 0 Å². The number of nitrogens with zero attached hydrogens (tertiary/aromatic N) is 1. The van der Waals surface area contributed by atoms with Gasteiger partial charge in [-0.2, -0.15) is 0 Å². The van der Waals surface area contributed by atoms with Crippen LogP contribution in [0.5, 0.6) is 0 Å². The molecular formula is C22H15BrN2OS. The number of rotatable bonds is 2. The van der Waals surface area contributed by atoms with Gasteiger partial charge in [0, 0.05) is 4.47 Å². The van der Waals surface area contributed by atoms with Gasteiger partial charge >= 0.3 is 0 Å². The number of benzene rings is 3. The van der Waals surface area contributed by atoms with Crippen molar-refractivity contribution in [1.82, 2.24) is 5.32 Å². The molecule has 1 aliphatic carbocycles. The Morgan fingerprint density at radius 2 is 1.78 bits per heavy atom. The lowest BCUT2D eigenvalue weighted by molar-refractivity contribution is -0.115. The summed E-state index contributed by atoms with van der Waals surface area (Å²) in [6, 6.07) is 18.5. The minimum absolute atomic E-state index is 0.0980. The zero-order valence-corrected chi connectivity index (χ0v) is 16.7. The van der Waals surface area contributed by atoms with Crippen LogP contribution in [0.2, 0.25) is 0 Å². The van der Waals surface area contributed by atoms with Crippen LogP contribution in [0.3, 0.4) is 0 Å². The molecule has 0 radical (unpaired) electrons. The van der Waals surface area contributed by atoms with E-state index in [9.17, 15) is 4.79 Å². The van der Waals surface area contributed by atoms with Gasteiger partial charge in [0.25, 0.3) is 5.91 Å². The topological polar surface area (TPSA) is 41.5 Å². The highest BCUT2D eigenvalue weighted by Crippen LogP contribution is 2.35. The van der Waals surface area contributed by atoms with E-state index in [1.807, 2.05) is 30.3 Å². The van der Waals surface area contributed by atoms with Gasteiger partial charge in [0.05, 0.1) is 10.6 Å². The Bertz CT molecular complexity index is 1140. The van der Waals surface area contributed by atoms with Crippen LogP contribution in [-0.2, 0) is 17.6 Å². The quantitative estimate of drug-likeness (QED) is 0.533. The molecule has 3 aromatic carbocycles. The monoisotopic (exact) mass is 434 g/mol. The highest BCUT2D eigenvalue weighted by molar-refractivity contribution is 9.10. The Kier molecular flexibility index (Phi) is 4.14. The number of aryl methyl sites for hydroxylation is 2. The third-order valence-electron chi connectivity index (χ3n) is 4.91. The van der Waals surface area contributed by atoms with E-state index in [0.29, 0.717) is 10.1 Å². The zero-order valence-electron chi connectivity index (χ0n) is 14.3. The number of hydrogen-bond acceptors (Lipinski definition) is 3. The number of amides is 1. The maximum Gasteiger partial charge on any atom is 0.264 e. The van der Waals surface area contributed by atoms with Crippen molar-refractivity contribution in [1.29, 1.82) is 0 Å². The molecular weight excluding hydrogens is 420 g/mol. The van der Waals surface area contributed by atoms with E-state index < -0.39 is 0 Å². The van der Waals surface area contributed by atoms with E-state index in [1.165, 1.54) is 33.7 Å². The summed E-state index contributed by atoms with van der Waals surface area (Å²) in [6.45, 7) is 0. The van der Waals surface area contributed by atoms with Crippen molar-refractivity contribution in [3.8, 4) is 0 Å². The van der Waals surface area contributed by atoms with Gasteiger partial charge in [0.2, 0.25) is 0 Å². The fraction of sp³-hybridized carbons (Fsp3) is 0.0909. The van der Waals surface area contributed by atoms with Gasteiger partial charge in [-0.3, -0.25) is 4.79 Å². The smallest absolute Gasteiger partial charge is 0.264 e. The number of nitrogens with one attached hydrogen (secondary N) is 1. The van der Waals surface area contributed by atoms with E-state index in [1.54, 1.807) is 0 Å². The fourth-order valence-electron chi connectivity index (χ4n) is 3.65. The van der Waals surface area contributed by atoms with Gasteiger partial charge in [-0.1, -0.05) is 46.3 Å². The molecule has 3 nitrogen and oxygen atoms in total. The van der Waals surface area contributed by atoms with Gasteiger partial charge in [-0.25, -0.2) is 4.99 Å². The number of halogens is 1. The largest absolute Gasteiger partial charge is 0.300 e.